The van der Waals surface area contributed by atoms with Crippen molar-refractivity contribution in [3.05, 3.63) is 46.2 Å². The van der Waals surface area contributed by atoms with Crippen LogP contribution in [0.15, 0.2) is 24.4 Å². The molecule has 1 amide bonds. The number of carbonyl (C=O) groups excluding carboxylic acids is 2. The minimum Gasteiger partial charge on any atom is -0.477 e. The molecule has 160 valence electrons. The van der Waals surface area contributed by atoms with Crippen LogP contribution in [0.3, 0.4) is 0 Å². The van der Waals surface area contributed by atoms with Crippen molar-refractivity contribution in [2.75, 3.05) is 11.9 Å². The van der Waals surface area contributed by atoms with E-state index in [1.54, 1.807) is 13.0 Å². The van der Waals surface area contributed by atoms with Crippen molar-refractivity contribution in [1.29, 1.82) is 0 Å². The number of halogens is 4. The van der Waals surface area contributed by atoms with E-state index >= 15 is 0 Å². The smallest absolute Gasteiger partial charge is 0.417 e. The highest BCUT2D eigenvalue weighted by molar-refractivity contribution is 6.31. The predicted molar refractivity (Wildman–Crippen MR) is 104 cm³/mol. The first-order valence-corrected chi connectivity index (χ1v) is 9.69. The van der Waals surface area contributed by atoms with E-state index in [4.69, 9.17) is 16.3 Å². The molecule has 1 aliphatic rings. The number of rotatable bonds is 8. The average molecular weight is 442 g/mol. The molecule has 0 spiro atoms. The van der Waals surface area contributed by atoms with Gasteiger partial charge in [-0.15, -0.1) is 0 Å². The second-order valence-corrected chi connectivity index (χ2v) is 7.44. The number of aromatic nitrogens is 2. The molecule has 2 heterocycles. The monoisotopic (exact) mass is 441 g/mol. The van der Waals surface area contributed by atoms with Crippen LogP contribution in [0.25, 0.3) is 0 Å². The van der Waals surface area contributed by atoms with Crippen LogP contribution in [0.5, 0.6) is 5.88 Å². The molecule has 0 atom stereocenters. The number of nitrogens with one attached hydrogen (secondary N) is 1. The highest BCUT2D eigenvalue weighted by Crippen LogP contribution is 2.33. The molecule has 2 aromatic rings. The van der Waals surface area contributed by atoms with Gasteiger partial charge in [-0.2, -0.15) is 13.2 Å². The number of carbonyl (C=O) groups is 2. The summed E-state index contributed by atoms with van der Waals surface area (Å²) in [6.07, 6.45) is -1.73. The van der Waals surface area contributed by atoms with E-state index in [0.29, 0.717) is 29.7 Å². The summed E-state index contributed by atoms with van der Waals surface area (Å²) in [7, 11) is 0. The Morgan fingerprint density at radius 3 is 2.63 bits per heavy atom. The van der Waals surface area contributed by atoms with Crippen molar-refractivity contribution in [1.82, 2.24) is 9.97 Å². The molecule has 1 saturated carbocycles. The quantitative estimate of drug-likeness (QED) is 0.468. The number of ketones is 1. The molecular weight excluding hydrogens is 423 g/mol. The first kappa shape index (κ1) is 22.0. The van der Waals surface area contributed by atoms with E-state index in [9.17, 15) is 22.8 Å². The lowest BCUT2D eigenvalue weighted by Gasteiger charge is -2.10. The van der Waals surface area contributed by atoms with Gasteiger partial charge in [0.25, 0.3) is 0 Å². The maximum Gasteiger partial charge on any atom is 0.417 e. The standard InChI is InChI=1S/C20H19ClF3N3O3/c1-11-7-13(8-17(26-11)27-18(29)12-4-5-12)16(28)3-2-6-30-19-15(21)9-14(10-25-19)20(22,23)24/h7-10,12H,2-6H2,1H3,(H,26,27,29). The molecule has 0 aliphatic heterocycles. The van der Waals surface area contributed by atoms with Crippen LogP contribution in [0.2, 0.25) is 5.02 Å². The molecule has 1 N–H and O–H groups in total. The number of nitrogens with zero attached hydrogens (tertiary/aromatic N) is 2. The number of Topliss-reactive ketones (excluding diaryl/α,β-unsaturated/α-hetero) is 1. The predicted octanol–water partition coefficient (Wildman–Crippen LogP) is 4.85. The van der Waals surface area contributed by atoms with Gasteiger partial charge in [-0.3, -0.25) is 9.59 Å². The first-order chi connectivity index (χ1) is 14.1. The first-order valence-electron chi connectivity index (χ1n) is 9.32. The van der Waals surface area contributed by atoms with Crippen molar-refractivity contribution >= 4 is 29.1 Å². The Balaban J connectivity index is 1.52. The fourth-order valence-corrected chi connectivity index (χ4v) is 2.92. The molecular formula is C20H19ClF3N3O3. The number of ether oxygens (including phenoxy) is 1. The second kappa shape index (κ2) is 8.99. The third kappa shape index (κ3) is 5.91. The lowest BCUT2D eigenvalue weighted by atomic mass is 10.1. The lowest BCUT2D eigenvalue weighted by molar-refractivity contribution is -0.137. The second-order valence-electron chi connectivity index (χ2n) is 7.03. The van der Waals surface area contributed by atoms with Crippen LogP contribution in [0.4, 0.5) is 19.0 Å². The van der Waals surface area contributed by atoms with Crippen molar-refractivity contribution in [2.45, 2.75) is 38.8 Å². The Hall–Kier alpha value is -2.68. The van der Waals surface area contributed by atoms with E-state index < -0.39 is 11.7 Å². The SMILES string of the molecule is Cc1cc(C(=O)CCCOc2ncc(C(F)(F)F)cc2Cl)cc(NC(=O)C2CC2)n1. The minimum atomic E-state index is -4.54. The van der Waals surface area contributed by atoms with Gasteiger partial charge in [0.1, 0.15) is 10.8 Å². The fraction of sp³-hybridized carbons (Fsp3) is 0.400. The minimum absolute atomic E-state index is 0.0224. The zero-order chi connectivity index (χ0) is 21.9. The highest BCUT2D eigenvalue weighted by Gasteiger charge is 2.32. The number of amides is 1. The van der Waals surface area contributed by atoms with E-state index in [0.717, 1.165) is 18.9 Å². The Bertz CT molecular complexity index is 962. The molecule has 6 nitrogen and oxygen atoms in total. The van der Waals surface area contributed by atoms with Gasteiger partial charge in [0.05, 0.1) is 12.2 Å². The Morgan fingerprint density at radius 2 is 2.00 bits per heavy atom. The van der Waals surface area contributed by atoms with Crippen molar-refractivity contribution in [3.8, 4) is 5.88 Å². The summed E-state index contributed by atoms with van der Waals surface area (Å²) >= 11 is 5.78. The zero-order valence-corrected chi connectivity index (χ0v) is 16.8. The molecule has 0 unspecified atom stereocenters. The molecule has 1 aliphatic carbocycles. The number of aryl methyl sites for hydroxylation is 1. The largest absolute Gasteiger partial charge is 0.477 e. The van der Waals surface area contributed by atoms with Crippen molar-refractivity contribution in [2.24, 2.45) is 5.92 Å². The van der Waals surface area contributed by atoms with Gasteiger partial charge in [-0.05, 0) is 44.4 Å². The summed E-state index contributed by atoms with van der Waals surface area (Å²) in [5.74, 6) is -0.0262. The van der Waals surface area contributed by atoms with Crippen LogP contribution in [0, 0.1) is 12.8 Å². The number of anilines is 1. The molecule has 0 saturated heterocycles. The normalized spacial score (nSPS) is 13.8. The Labute approximate surface area is 175 Å². The summed E-state index contributed by atoms with van der Waals surface area (Å²) in [6.45, 7) is 1.78. The van der Waals surface area contributed by atoms with Crippen molar-refractivity contribution in [3.63, 3.8) is 0 Å². The average Bonchev–Trinajstić information content (AvgIpc) is 3.50. The third-order valence-corrected chi connectivity index (χ3v) is 4.67. The summed E-state index contributed by atoms with van der Waals surface area (Å²) < 4.78 is 43.2. The number of hydrogen-bond donors (Lipinski definition) is 1. The van der Waals surface area contributed by atoms with E-state index in [2.05, 4.69) is 15.3 Å². The summed E-state index contributed by atoms with van der Waals surface area (Å²) in [6, 6.07) is 3.90. The molecule has 2 aromatic heterocycles. The van der Waals surface area contributed by atoms with Gasteiger partial charge < -0.3 is 10.1 Å². The molecule has 0 aromatic carbocycles. The molecule has 10 heteroatoms. The number of alkyl halides is 3. The van der Waals surface area contributed by atoms with Gasteiger partial charge in [0.15, 0.2) is 5.78 Å². The lowest BCUT2D eigenvalue weighted by Crippen LogP contribution is -2.15. The molecule has 30 heavy (non-hydrogen) atoms. The van der Waals surface area contributed by atoms with Gasteiger partial charge in [-0.25, -0.2) is 9.97 Å². The molecule has 0 radical (unpaired) electrons. The number of pyridine rings is 2. The van der Waals surface area contributed by atoms with Gasteiger partial charge in [0.2, 0.25) is 11.8 Å². The number of hydrogen-bond acceptors (Lipinski definition) is 5. The van der Waals surface area contributed by atoms with Crippen LogP contribution in [0.1, 0.15) is 47.3 Å². The Kier molecular flexibility index (Phi) is 6.60. The van der Waals surface area contributed by atoms with Gasteiger partial charge >= 0.3 is 6.18 Å². The summed E-state index contributed by atoms with van der Waals surface area (Å²) in [5, 5.41) is 2.47. The molecule has 1 fully saturated rings. The maximum atomic E-state index is 12.6. The maximum absolute atomic E-state index is 12.6. The van der Waals surface area contributed by atoms with Gasteiger partial charge in [0, 0.05) is 29.8 Å². The van der Waals surface area contributed by atoms with Gasteiger partial charge in [-0.1, -0.05) is 11.6 Å². The van der Waals surface area contributed by atoms with Crippen molar-refractivity contribution < 1.29 is 27.5 Å². The Morgan fingerprint density at radius 1 is 1.27 bits per heavy atom. The van der Waals surface area contributed by atoms with E-state index in [1.165, 1.54) is 6.07 Å². The van der Waals surface area contributed by atoms with Crippen LogP contribution in [-0.2, 0) is 11.0 Å². The summed E-state index contributed by atoms with van der Waals surface area (Å²) in [5.41, 5.74) is 0.0517. The van der Waals surface area contributed by atoms with Crippen LogP contribution in [-0.4, -0.2) is 28.3 Å². The van der Waals surface area contributed by atoms with Crippen LogP contribution < -0.4 is 10.1 Å². The fourth-order valence-electron chi connectivity index (χ4n) is 2.70. The zero-order valence-electron chi connectivity index (χ0n) is 16.1. The van der Waals surface area contributed by atoms with E-state index in [1.807, 2.05) is 0 Å². The van der Waals surface area contributed by atoms with E-state index in [-0.39, 0.29) is 41.5 Å². The van der Waals surface area contributed by atoms with Crippen LogP contribution >= 0.6 is 11.6 Å². The molecule has 0 bridgehead atoms. The highest BCUT2D eigenvalue weighted by atomic mass is 35.5. The molecule has 3 rings (SSSR count). The third-order valence-electron chi connectivity index (χ3n) is 4.40. The topological polar surface area (TPSA) is 81.2 Å². The summed E-state index contributed by atoms with van der Waals surface area (Å²) in [4.78, 5) is 32.1.